The van der Waals surface area contributed by atoms with E-state index in [1.165, 1.54) is 24.3 Å². The second-order valence-corrected chi connectivity index (χ2v) is 7.52. The minimum absolute atomic E-state index is 0.00600. The third kappa shape index (κ3) is 4.88. The van der Waals surface area contributed by atoms with Crippen molar-refractivity contribution in [3.63, 3.8) is 0 Å². The van der Waals surface area contributed by atoms with Crippen LogP contribution in [0.5, 0.6) is 11.5 Å². The lowest BCUT2D eigenvalue weighted by molar-refractivity contribution is -0.113. The van der Waals surface area contributed by atoms with Crippen molar-refractivity contribution >= 4 is 28.9 Å². The largest absolute Gasteiger partial charge is 0.493 e. The van der Waals surface area contributed by atoms with Gasteiger partial charge in [-0.2, -0.15) is 0 Å². The van der Waals surface area contributed by atoms with Crippen LogP contribution in [0.15, 0.2) is 53.7 Å². The zero-order chi connectivity index (χ0) is 21.8. The highest BCUT2D eigenvalue weighted by atomic mass is 32.1. The molecule has 2 aromatic carbocycles. The Hall–Kier alpha value is -3.13. The van der Waals surface area contributed by atoms with E-state index in [0.717, 1.165) is 5.56 Å². The zero-order valence-corrected chi connectivity index (χ0v) is 18.0. The molecule has 0 aliphatic carbocycles. The number of hydrogen-bond acceptors (Lipinski definition) is 4. The Balaban J connectivity index is 1.95. The molecule has 0 fully saturated rings. The van der Waals surface area contributed by atoms with Gasteiger partial charge in [0.1, 0.15) is 5.82 Å². The molecule has 0 saturated carbocycles. The van der Waals surface area contributed by atoms with Gasteiger partial charge in [-0.05, 0) is 75.0 Å². The number of allylic oxidation sites excluding steroid dienone is 1. The highest BCUT2D eigenvalue weighted by molar-refractivity contribution is 7.80. The van der Waals surface area contributed by atoms with Crippen molar-refractivity contribution in [1.82, 2.24) is 10.6 Å². The molecule has 3 rings (SSSR count). The topological polar surface area (TPSA) is 71.6 Å². The maximum atomic E-state index is 13.2. The van der Waals surface area contributed by atoms with Crippen LogP contribution >= 0.6 is 12.2 Å². The van der Waals surface area contributed by atoms with Crippen LogP contribution in [0.25, 0.3) is 0 Å². The van der Waals surface area contributed by atoms with E-state index in [-0.39, 0.29) is 17.8 Å². The molecule has 158 valence electrons. The van der Waals surface area contributed by atoms with Gasteiger partial charge in [-0.15, -0.1) is 0 Å². The molecular formula is C22H24FN3O3S. The summed E-state index contributed by atoms with van der Waals surface area (Å²) in [5, 5.41) is 9.36. The van der Waals surface area contributed by atoms with Crippen LogP contribution in [0.1, 0.15) is 32.4 Å². The molecule has 1 aliphatic rings. The summed E-state index contributed by atoms with van der Waals surface area (Å²) >= 11 is 5.30. The minimum Gasteiger partial charge on any atom is -0.493 e. The van der Waals surface area contributed by atoms with Gasteiger partial charge in [0, 0.05) is 11.4 Å². The number of carbonyl (C=O) groups excluding carboxylic acids is 1. The molecule has 0 saturated heterocycles. The maximum absolute atomic E-state index is 13.2. The number of carbonyl (C=O) groups is 1. The van der Waals surface area contributed by atoms with E-state index < -0.39 is 6.04 Å². The van der Waals surface area contributed by atoms with Crippen LogP contribution in [0.3, 0.4) is 0 Å². The number of nitrogens with one attached hydrogen (secondary N) is 3. The Bertz CT molecular complexity index is 990. The second kappa shape index (κ2) is 9.13. The number of halogens is 1. The molecular weight excluding hydrogens is 405 g/mol. The third-order valence-corrected chi connectivity index (χ3v) is 4.72. The molecule has 0 aromatic heterocycles. The summed E-state index contributed by atoms with van der Waals surface area (Å²) in [6.07, 6.45) is -0.00600. The smallest absolute Gasteiger partial charge is 0.255 e. The summed E-state index contributed by atoms with van der Waals surface area (Å²) in [4.78, 5) is 13.1. The molecule has 0 bridgehead atoms. The molecule has 1 atom stereocenters. The molecule has 0 spiro atoms. The molecule has 3 N–H and O–H groups in total. The number of amides is 1. The van der Waals surface area contributed by atoms with Crippen molar-refractivity contribution < 1.29 is 18.7 Å². The van der Waals surface area contributed by atoms with Gasteiger partial charge >= 0.3 is 0 Å². The van der Waals surface area contributed by atoms with Gasteiger partial charge in [0.2, 0.25) is 0 Å². The molecule has 8 heteroatoms. The summed E-state index contributed by atoms with van der Waals surface area (Å²) in [6.45, 7) is 5.65. The standard InChI is InChI=1S/C22H24FN3O3S/c1-12(2)29-17-10-5-14(11-18(17)28-4)20-19(13(3)24-22(30)26-20)21(27)25-16-8-6-15(23)7-9-16/h5-12,20H,1-4H3,(H,25,27)(H2,24,26,30)/t20-/m1/s1. The van der Waals surface area contributed by atoms with Gasteiger partial charge in [0.15, 0.2) is 16.6 Å². The molecule has 30 heavy (non-hydrogen) atoms. The van der Waals surface area contributed by atoms with Crippen molar-refractivity contribution in [1.29, 1.82) is 0 Å². The number of benzene rings is 2. The summed E-state index contributed by atoms with van der Waals surface area (Å²) in [6, 6.07) is 10.6. The van der Waals surface area contributed by atoms with Gasteiger partial charge in [-0.1, -0.05) is 6.07 Å². The van der Waals surface area contributed by atoms with Crippen molar-refractivity contribution in [2.45, 2.75) is 32.9 Å². The van der Waals surface area contributed by atoms with Crippen LogP contribution in [-0.2, 0) is 4.79 Å². The zero-order valence-electron chi connectivity index (χ0n) is 17.2. The lowest BCUT2D eigenvalue weighted by Gasteiger charge is -2.30. The lowest BCUT2D eigenvalue weighted by atomic mass is 9.94. The summed E-state index contributed by atoms with van der Waals surface area (Å²) in [7, 11) is 1.57. The average Bonchev–Trinajstić information content (AvgIpc) is 2.69. The van der Waals surface area contributed by atoms with Crippen molar-refractivity contribution in [3.8, 4) is 11.5 Å². The first-order valence-corrected chi connectivity index (χ1v) is 9.89. The SMILES string of the molecule is COc1cc([C@H]2NC(=S)NC(C)=C2C(=O)Nc2ccc(F)cc2)ccc1OC(C)C. The monoisotopic (exact) mass is 429 g/mol. The second-order valence-electron chi connectivity index (χ2n) is 7.11. The number of methoxy groups -OCH3 is 1. The number of anilines is 1. The first kappa shape index (κ1) is 21.6. The average molecular weight is 430 g/mol. The minimum atomic E-state index is -0.499. The van der Waals surface area contributed by atoms with Gasteiger partial charge in [0.25, 0.3) is 5.91 Å². The third-order valence-electron chi connectivity index (χ3n) is 4.50. The molecule has 1 amide bonds. The molecule has 1 aliphatic heterocycles. The predicted octanol–water partition coefficient (Wildman–Crippen LogP) is 4.05. The fourth-order valence-electron chi connectivity index (χ4n) is 3.19. The van der Waals surface area contributed by atoms with E-state index in [2.05, 4.69) is 16.0 Å². The fourth-order valence-corrected chi connectivity index (χ4v) is 3.46. The van der Waals surface area contributed by atoms with Crippen LogP contribution < -0.4 is 25.4 Å². The van der Waals surface area contributed by atoms with Gasteiger partial charge in [-0.3, -0.25) is 4.79 Å². The van der Waals surface area contributed by atoms with E-state index in [4.69, 9.17) is 21.7 Å². The van der Waals surface area contributed by atoms with Crippen LogP contribution in [0, 0.1) is 5.82 Å². The normalized spacial score (nSPS) is 16.1. The molecule has 2 aromatic rings. The summed E-state index contributed by atoms with van der Waals surface area (Å²) < 4.78 is 24.4. The van der Waals surface area contributed by atoms with Crippen molar-refractivity contribution in [2.24, 2.45) is 0 Å². The first-order chi connectivity index (χ1) is 14.3. The van der Waals surface area contributed by atoms with E-state index in [1.54, 1.807) is 14.0 Å². The molecule has 6 nitrogen and oxygen atoms in total. The molecule has 0 radical (unpaired) electrons. The van der Waals surface area contributed by atoms with E-state index in [1.807, 2.05) is 32.0 Å². The van der Waals surface area contributed by atoms with Gasteiger partial charge in [-0.25, -0.2) is 4.39 Å². The summed E-state index contributed by atoms with van der Waals surface area (Å²) in [5.74, 6) is 0.477. The van der Waals surface area contributed by atoms with Crippen molar-refractivity contribution in [2.75, 3.05) is 12.4 Å². The van der Waals surface area contributed by atoms with Crippen LogP contribution in [-0.4, -0.2) is 24.2 Å². The van der Waals surface area contributed by atoms with Gasteiger partial charge in [0.05, 0.1) is 24.8 Å². The quantitative estimate of drug-likeness (QED) is 0.602. The Morgan fingerprint density at radius 2 is 1.87 bits per heavy atom. The number of ether oxygens (including phenoxy) is 2. The van der Waals surface area contributed by atoms with E-state index >= 15 is 0 Å². The van der Waals surface area contributed by atoms with Gasteiger partial charge < -0.3 is 25.4 Å². The predicted molar refractivity (Wildman–Crippen MR) is 118 cm³/mol. The number of rotatable bonds is 6. The first-order valence-electron chi connectivity index (χ1n) is 9.48. The number of thiocarbonyl (C=S) groups is 1. The molecule has 1 heterocycles. The maximum Gasteiger partial charge on any atom is 0.255 e. The van der Waals surface area contributed by atoms with Crippen LogP contribution in [0.2, 0.25) is 0 Å². The Kier molecular flexibility index (Phi) is 6.56. The highest BCUT2D eigenvalue weighted by Crippen LogP contribution is 2.35. The highest BCUT2D eigenvalue weighted by Gasteiger charge is 2.30. The molecule has 0 unspecified atom stereocenters. The Labute approximate surface area is 180 Å². The lowest BCUT2D eigenvalue weighted by Crippen LogP contribution is -2.45. The number of hydrogen-bond donors (Lipinski definition) is 3. The summed E-state index contributed by atoms with van der Waals surface area (Å²) in [5.41, 5.74) is 2.37. The van der Waals surface area contributed by atoms with Crippen LogP contribution in [0.4, 0.5) is 10.1 Å². The fraction of sp³-hybridized carbons (Fsp3) is 0.273. The Morgan fingerprint density at radius 1 is 1.17 bits per heavy atom. The van der Waals surface area contributed by atoms with E-state index in [9.17, 15) is 9.18 Å². The van der Waals surface area contributed by atoms with Crippen molar-refractivity contribution in [3.05, 3.63) is 65.1 Å². The van der Waals surface area contributed by atoms with E-state index in [0.29, 0.717) is 33.6 Å². The Morgan fingerprint density at radius 3 is 2.50 bits per heavy atom.